The summed E-state index contributed by atoms with van der Waals surface area (Å²) in [6.45, 7) is 1.69. The van der Waals surface area contributed by atoms with Crippen molar-refractivity contribution in [1.29, 1.82) is 0 Å². The van der Waals surface area contributed by atoms with Gasteiger partial charge in [-0.3, -0.25) is 4.79 Å². The molecule has 0 radical (unpaired) electrons. The maximum Gasteiger partial charge on any atom is 0.255 e. The monoisotopic (exact) mass is 274 g/mol. The van der Waals surface area contributed by atoms with Gasteiger partial charge in [0, 0.05) is 19.3 Å². The maximum atomic E-state index is 11.7. The van der Waals surface area contributed by atoms with E-state index >= 15 is 0 Å². The van der Waals surface area contributed by atoms with Crippen LogP contribution in [0.25, 0.3) is 0 Å². The summed E-state index contributed by atoms with van der Waals surface area (Å²) < 4.78 is 0.658. The molecule has 1 aliphatic rings. The fourth-order valence-electron chi connectivity index (χ4n) is 1.24. The number of halogens is 2. The Morgan fingerprint density at radius 1 is 1.57 bits per heavy atom. The van der Waals surface area contributed by atoms with E-state index < -0.39 is 0 Å². The summed E-state index contributed by atoms with van der Waals surface area (Å²) >= 11 is 8.97. The summed E-state index contributed by atoms with van der Waals surface area (Å²) in [6.07, 6.45) is 2.60. The van der Waals surface area contributed by atoms with Gasteiger partial charge in [0.2, 0.25) is 0 Å². The van der Waals surface area contributed by atoms with E-state index in [1.807, 2.05) is 0 Å². The standard InChI is InChI=1S/C9H8BrClN2O/c10-7-4-6(5-12-8(7)11)9(14)13-2-1-3-13/h4-5H,1-3H2. The summed E-state index contributed by atoms with van der Waals surface area (Å²) in [5.74, 6) is 0.0288. The SMILES string of the molecule is O=C(c1cnc(Cl)c(Br)c1)N1CCC1. The minimum absolute atomic E-state index is 0.0288. The first kappa shape index (κ1) is 9.93. The Hall–Kier alpha value is -0.610. The number of pyridine rings is 1. The number of hydrogen-bond acceptors (Lipinski definition) is 2. The number of likely N-dealkylation sites (tertiary alicyclic amines) is 1. The molecule has 0 aromatic carbocycles. The normalized spacial score (nSPS) is 15.1. The second-order valence-electron chi connectivity index (χ2n) is 3.14. The van der Waals surface area contributed by atoms with E-state index in [2.05, 4.69) is 20.9 Å². The van der Waals surface area contributed by atoms with Crippen LogP contribution in [0.2, 0.25) is 5.15 Å². The minimum atomic E-state index is 0.0288. The Morgan fingerprint density at radius 2 is 2.29 bits per heavy atom. The van der Waals surface area contributed by atoms with Crippen molar-refractivity contribution < 1.29 is 4.79 Å². The largest absolute Gasteiger partial charge is 0.338 e. The van der Waals surface area contributed by atoms with Crippen molar-refractivity contribution in [2.24, 2.45) is 0 Å². The number of hydrogen-bond donors (Lipinski definition) is 0. The van der Waals surface area contributed by atoms with Crippen molar-refractivity contribution >= 4 is 33.4 Å². The third-order valence-electron chi connectivity index (χ3n) is 2.19. The van der Waals surface area contributed by atoms with Crippen LogP contribution in [-0.2, 0) is 0 Å². The van der Waals surface area contributed by atoms with E-state index in [1.165, 1.54) is 6.20 Å². The van der Waals surface area contributed by atoms with Gasteiger partial charge in [0.1, 0.15) is 5.15 Å². The van der Waals surface area contributed by atoms with Gasteiger partial charge in [-0.1, -0.05) is 11.6 Å². The van der Waals surface area contributed by atoms with Crippen molar-refractivity contribution in [1.82, 2.24) is 9.88 Å². The predicted octanol–water partition coefficient (Wildman–Crippen LogP) is 2.34. The third kappa shape index (κ3) is 1.77. The van der Waals surface area contributed by atoms with Crippen molar-refractivity contribution in [2.75, 3.05) is 13.1 Å². The highest BCUT2D eigenvalue weighted by Gasteiger charge is 2.22. The number of aromatic nitrogens is 1. The lowest BCUT2D eigenvalue weighted by atomic mass is 10.1. The highest BCUT2D eigenvalue weighted by Crippen LogP contribution is 2.22. The van der Waals surface area contributed by atoms with Crippen LogP contribution in [0.1, 0.15) is 16.8 Å². The second kappa shape index (κ2) is 3.87. The van der Waals surface area contributed by atoms with E-state index in [0.29, 0.717) is 15.2 Å². The lowest BCUT2D eigenvalue weighted by Gasteiger charge is -2.30. The molecule has 1 fully saturated rings. The molecule has 3 nitrogen and oxygen atoms in total. The lowest BCUT2D eigenvalue weighted by molar-refractivity contribution is 0.0651. The molecule has 1 aromatic rings. The molecule has 0 aliphatic carbocycles. The maximum absolute atomic E-state index is 11.7. The second-order valence-corrected chi connectivity index (χ2v) is 4.35. The average molecular weight is 276 g/mol. The molecule has 5 heteroatoms. The number of nitrogens with zero attached hydrogens (tertiary/aromatic N) is 2. The molecule has 0 N–H and O–H groups in total. The van der Waals surface area contributed by atoms with Crippen molar-refractivity contribution in [2.45, 2.75) is 6.42 Å². The molecule has 1 amide bonds. The summed E-state index contributed by atoms with van der Waals surface area (Å²) in [4.78, 5) is 17.4. The number of carbonyl (C=O) groups excluding carboxylic acids is 1. The molecule has 0 bridgehead atoms. The zero-order valence-corrected chi connectivity index (χ0v) is 9.68. The number of amides is 1. The number of carbonyl (C=O) groups is 1. The van der Waals surface area contributed by atoms with Gasteiger partial charge in [0.05, 0.1) is 10.0 Å². The van der Waals surface area contributed by atoms with Crippen molar-refractivity contribution in [3.05, 3.63) is 27.5 Å². The molecule has 74 valence electrons. The zero-order chi connectivity index (χ0) is 10.1. The average Bonchev–Trinajstić information content (AvgIpc) is 2.06. The molecule has 14 heavy (non-hydrogen) atoms. The first-order valence-electron chi connectivity index (χ1n) is 4.29. The van der Waals surface area contributed by atoms with Gasteiger partial charge in [-0.25, -0.2) is 4.98 Å². The molecule has 2 rings (SSSR count). The molecule has 0 saturated carbocycles. The van der Waals surface area contributed by atoms with Gasteiger partial charge in [-0.05, 0) is 28.4 Å². The summed E-state index contributed by atoms with van der Waals surface area (Å²) in [5, 5.41) is 0.380. The predicted molar refractivity (Wildman–Crippen MR) is 57.5 cm³/mol. The van der Waals surface area contributed by atoms with E-state index in [1.54, 1.807) is 11.0 Å². The van der Waals surface area contributed by atoms with Crippen LogP contribution in [-0.4, -0.2) is 28.9 Å². The van der Waals surface area contributed by atoms with Crippen molar-refractivity contribution in [3.63, 3.8) is 0 Å². The van der Waals surface area contributed by atoms with Crippen molar-refractivity contribution in [3.8, 4) is 0 Å². The van der Waals surface area contributed by atoms with Gasteiger partial charge in [0.25, 0.3) is 5.91 Å². The Bertz CT molecular complexity index is 379. The Balaban J connectivity index is 2.23. The molecule has 0 unspecified atom stereocenters. The van der Waals surface area contributed by atoms with Crippen LogP contribution in [0.15, 0.2) is 16.7 Å². The number of rotatable bonds is 1. The molecular weight excluding hydrogens is 267 g/mol. The van der Waals surface area contributed by atoms with E-state index in [0.717, 1.165) is 19.5 Å². The van der Waals surface area contributed by atoms with Gasteiger partial charge in [-0.2, -0.15) is 0 Å². The molecule has 0 spiro atoms. The molecule has 1 aliphatic heterocycles. The van der Waals surface area contributed by atoms with Crippen LogP contribution in [0.4, 0.5) is 0 Å². The van der Waals surface area contributed by atoms with E-state index in [4.69, 9.17) is 11.6 Å². The van der Waals surface area contributed by atoms with Crippen LogP contribution in [0.5, 0.6) is 0 Å². The summed E-state index contributed by atoms with van der Waals surface area (Å²) in [6, 6.07) is 1.70. The van der Waals surface area contributed by atoms with Gasteiger partial charge >= 0.3 is 0 Å². The van der Waals surface area contributed by atoms with Crippen LogP contribution in [0.3, 0.4) is 0 Å². The lowest BCUT2D eigenvalue weighted by Crippen LogP contribution is -2.42. The molecular formula is C9H8BrClN2O. The quantitative estimate of drug-likeness (QED) is 0.737. The molecule has 1 saturated heterocycles. The van der Waals surface area contributed by atoms with Gasteiger partial charge < -0.3 is 4.90 Å². The first-order chi connectivity index (χ1) is 6.68. The Kier molecular flexibility index (Phi) is 2.74. The highest BCUT2D eigenvalue weighted by atomic mass is 79.9. The highest BCUT2D eigenvalue weighted by molar-refractivity contribution is 9.10. The molecule has 0 atom stereocenters. The smallest absolute Gasteiger partial charge is 0.255 e. The Labute approximate surface area is 95.2 Å². The van der Waals surface area contributed by atoms with Gasteiger partial charge in [0.15, 0.2) is 0 Å². The fourth-order valence-corrected chi connectivity index (χ4v) is 1.69. The van der Waals surface area contributed by atoms with Crippen LogP contribution in [0, 0.1) is 0 Å². The zero-order valence-electron chi connectivity index (χ0n) is 7.33. The third-order valence-corrected chi connectivity index (χ3v) is 3.32. The summed E-state index contributed by atoms with van der Waals surface area (Å²) in [5.41, 5.74) is 0.584. The minimum Gasteiger partial charge on any atom is -0.338 e. The van der Waals surface area contributed by atoms with E-state index in [9.17, 15) is 4.79 Å². The van der Waals surface area contributed by atoms with Gasteiger partial charge in [-0.15, -0.1) is 0 Å². The van der Waals surface area contributed by atoms with E-state index in [-0.39, 0.29) is 5.91 Å². The summed E-state index contributed by atoms with van der Waals surface area (Å²) in [7, 11) is 0. The molecule has 1 aromatic heterocycles. The molecule has 2 heterocycles. The van der Waals surface area contributed by atoms with Crippen LogP contribution < -0.4 is 0 Å². The fraction of sp³-hybridized carbons (Fsp3) is 0.333. The first-order valence-corrected chi connectivity index (χ1v) is 5.46. The van der Waals surface area contributed by atoms with Crippen LogP contribution >= 0.6 is 27.5 Å². The Morgan fingerprint density at radius 3 is 2.79 bits per heavy atom. The topological polar surface area (TPSA) is 33.2 Å².